The lowest BCUT2D eigenvalue weighted by molar-refractivity contribution is -0.132. The highest BCUT2D eigenvalue weighted by Gasteiger charge is 2.28. The van der Waals surface area contributed by atoms with Crippen LogP contribution in [0.25, 0.3) is 0 Å². The maximum atomic E-state index is 11.3. The van der Waals surface area contributed by atoms with Gasteiger partial charge in [-0.05, 0) is 35.9 Å². The van der Waals surface area contributed by atoms with Gasteiger partial charge in [-0.3, -0.25) is 0 Å². The Morgan fingerprint density at radius 2 is 2.26 bits per heavy atom. The molecule has 8 heteroatoms. The molecule has 23 heavy (non-hydrogen) atoms. The maximum Gasteiger partial charge on any atom is 0.352 e. The van der Waals surface area contributed by atoms with Crippen LogP contribution in [0.5, 0.6) is 5.75 Å². The molecule has 0 fully saturated rings. The SMILES string of the molecule is CC[C@H](C)Oc1ccccc1[C@H]1C=C(C(=O)O)Nc2nnnn21. The average molecular weight is 315 g/mol. The van der Waals surface area contributed by atoms with E-state index >= 15 is 0 Å². The van der Waals surface area contributed by atoms with E-state index in [-0.39, 0.29) is 17.7 Å². The van der Waals surface area contributed by atoms with Crippen LogP contribution in [-0.2, 0) is 4.79 Å². The van der Waals surface area contributed by atoms with Crippen molar-refractivity contribution in [1.29, 1.82) is 0 Å². The summed E-state index contributed by atoms with van der Waals surface area (Å²) in [6, 6.07) is 7.05. The Hall–Kier alpha value is -2.90. The number of hydrogen-bond acceptors (Lipinski definition) is 6. The zero-order valence-electron chi connectivity index (χ0n) is 12.8. The van der Waals surface area contributed by atoms with Crippen molar-refractivity contribution >= 4 is 11.9 Å². The number of fused-ring (bicyclic) bond motifs is 1. The van der Waals surface area contributed by atoms with Crippen molar-refractivity contribution in [3.8, 4) is 5.75 Å². The molecule has 0 saturated heterocycles. The molecular weight excluding hydrogens is 298 g/mol. The fraction of sp³-hybridized carbons (Fsp3) is 0.333. The van der Waals surface area contributed by atoms with Crippen LogP contribution in [-0.4, -0.2) is 37.4 Å². The van der Waals surface area contributed by atoms with Crippen molar-refractivity contribution in [1.82, 2.24) is 20.2 Å². The van der Waals surface area contributed by atoms with E-state index in [2.05, 4.69) is 20.8 Å². The smallest absolute Gasteiger partial charge is 0.352 e. The summed E-state index contributed by atoms with van der Waals surface area (Å²) in [4.78, 5) is 11.3. The summed E-state index contributed by atoms with van der Waals surface area (Å²) >= 11 is 0. The highest BCUT2D eigenvalue weighted by atomic mass is 16.5. The molecule has 1 aliphatic heterocycles. The van der Waals surface area contributed by atoms with E-state index in [4.69, 9.17) is 4.74 Å². The molecule has 0 spiro atoms. The standard InChI is InChI=1S/C15H17N5O3/c1-3-9(2)23-13-7-5-4-6-10(13)12-8-11(14(21)22)16-15-17-18-19-20(12)15/h4-9,12H,3H2,1-2H3,(H,21,22)(H,16,17,19)/t9-,12+/m0/s1. The average Bonchev–Trinajstić information content (AvgIpc) is 3.03. The molecule has 0 saturated carbocycles. The Morgan fingerprint density at radius 3 is 3.00 bits per heavy atom. The molecule has 1 aromatic carbocycles. The van der Waals surface area contributed by atoms with Crippen LogP contribution in [0.3, 0.4) is 0 Å². The highest BCUT2D eigenvalue weighted by Crippen LogP contribution is 2.34. The topological polar surface area (TPSA) is 102 Å². The van der Waals surface area contributed by atoms with E-state index in [1.165, 1.54) is 4.68 Å². The Bertz CT molecular complexity index is 755. The summed E-state index contributed by atoms with van der Waals surface area (Å²) in [6.07, 6.45) is 2.49. The van der Waals surface area contributed by atoms with E-state index in [1.54, 1.807) is 6.08 Å². The van der Waals surface area contributed by atoms with Crippen molar-refractivity contribution in [3.05, 3.63) is 41.6 Å². The van der Waals surface area contributed by atoms with Gasteiger partial charge in [0.2, 0.25) is 5.95 Å². The highest BCUT2D eigenvalue weighted by molar-refractivity contribution is 5.90. The zero-order valence-corrected chi connectivity index (χ0v) is 12.8. The minimum atomic E-state index is -1.07. The molecule has 120 valence electrons. The van der Waals surface area contributed by atoms with E-state index in [9.17, 15) is 9.90 Å². The third-order valence-electron chi connectivity index (χ3n) is 3.70. The molecule has 1 aromatic heterocycles. The first kappa shape index (κ1) is 15.0. The Balaban J connectivity index is 2.06. The normalized spacial score (nSPS) is 17.7. The van der Waals surface area contributed by atoms with Crippen LogP contribution in [0.4, 0.5) is 5.95 Å². The van der Waals surface area contributed by atoms with Crippen LogP contribution in [0.15, 0.2) is 36.0 Å². The van der Waals surface area contributed by atoms with E-state index in [0.717, 1.165) is 12.0 Å². The summed E-state index contributed by atoms with van der Waals surface area (Å²) in [5, 5.41) is 23.4. The largest absolute Gasteiger partial charge is 0.490 e. The van der Waals surface area contributed by atoms with Gasteiger partial charge in [0.05, 0.1) is 6.10 Å². The van der Waals surface area contributed by atoms with E-state index < -0.39 is 12.0 Å². The lowest BCUT2D eigenvalue weighted by atomic mass is 10.0. The monoisotopic (exact) mass is 315 g/mol. The molecule has 2 aromatic rings. The van der Waals surface area contributed by atoms with Crippen LogP contribution < -0.4 is 10.1 Å². The minimum Gasteiger partial charge on any atom is -0.490 e. The number of para-hydroxylation sites is 1. The predicted molar refractivity (Wildman–Crippen MR) is 82.1 cm³/mol. The number of nitrogens with zero attached hydrogens (tertiary/aromatic N) is 4. The molecule has 0 amide bonds. The van der Waals surface area contributed by atoms with E-state index in [0.29, 0.717) is 5.75 Å². The zero-order chi connectivity index (χ0) is 16.4. The van der Waals surface area contributed by atoms with Crippen LogP contribution in [0.1, 0.15) is 31.9 Å². The van der Waals surface area contributed by atoms with Crippen LogP contribution in [0.2, 0.25) is 0 Å². The Labute approximate surface area is 132 Å². The first-order chi connectivity index (χ1) is 11.1. The minimum absolute atomic E-state index is 0.0376. The molecule has 1 aliphatic rings. The van der Waals surface area contributed by atoms with Gasteiger partial charge in [-0.15, -0.1) is 0 Å². The summed E-state index contributed by atoms with van der Waals surface area (Å²) in [5.74, 6) is -0.0889. The Kier molecular flexibility index (Phi) is 3.96. The number of anilines is 1. The first-order valence-corrected chi connectivity index (χ1v) is 7.35. The molecule has 2 N–H and O–H groups in total. The van der Waals surface area contributed by atoms with E-state index in [1.807, 2.05) is 38.1 Å². The number of carboxylic acid groups (broad SMARTS) is 1. The second kappa shape index (κ2) is 6.07. The molecule has 0 bridgehead atoms. The molecule has 0 unspecified atom stereocenters. The number of hydrogen-bond donors (Lipinski definition) is 2. The molecule has 2 heterocycles. The third-order valence-corrected chi connectivity index (χ3v) is 3.70. The lowest BCUT2D eigenvalue weighted by Crippen LogP contribution is -2.25. The number of carboxylic acids is 1. The van der Waals surface area contributed by atoms with Crippen LogP contribution >= 0.6 is 0 Å². The van der Waals surface area contributed by atoms with Crippen molar-refractivity contribution in [2.45, 2.75) is 32.4 Å². The van der Waals surface area contributed by atoms with Crippen molar-refractivity contribution in [3.63, 3.8) is 0 Å². The number of rotatable bonds is 5. The number of aliphatic carboxylic acids is 1. The van der Waals surface area contributed by atoms with Gasteiger partial charge in [-0.25, -0.2) is 4.79 Å². The molecule has 0 radical (unpaired) electrons. The number of aromatic nitrogens is 4. The van der Waals surface area contributed by atoms with Gasteiger partial charge >= 0.3 is 5.97 Å². The van der Waals surface area contributed by atoms with Gasteiger partial charge in [0, 0.05) is 5.56 Å². The summed E-state index contributed by atoms with van der Waals surface area (Å²) < 4.78 is 7.49. The van der Waals surface area contributed by atoms with Crippen molar-refractivity contribution in [2.75, 3.05) is 5.32 Å². The number of allylic oxidation sites excluding steroid dienone is 1. The number of benzene rings is 1. The van der Waals surface area contributed by atoms with Crippen molar-refractivity contribution in [2.24, 2.45) is 0 Å². The van der Waals surface area contributed by atoms with Gasteiger partial charge in [-0.1, -0.05) is 30.2 Å². The maximum absolute atomic E-state index is 11.3. The molecule has 8 nitrogen and oxygen atoms in total. The number of carbonyl (C=O) groups is 1. The first-order valence-electron chi connectivity index (χ1n) is 7.35. The molecule has 3 rings (SSSR count). The van der Waals surface area contributed by atoms with Gasteiger partial charge in [0.15, 0.2) is 0 Å². The van der Waals surface area contributed by atoms with Gasteiger partial charge in [0.25, 0.3) is 0 Å². The number of nitrogens with one attached hydrogen (secondary N) is 1. The Morgan fingerprint density at radius 1 is 1.48 bits per heavy atom. The summed E-state index contributed by atoms with van der Waals surface area (Å²) in [6.45, 7) is 4.03. The molecule has 0 aliphatic carbocycles. The fourth-order valence-corrected chi connectivity index (χ4v) is 2.33. The third kappa shape index (κ3) is 2.87. The fourth-order valence-electron chi connectivity index (χ4n) is 2.33. The lowest BCUT2D eigenvalue weighted by Gasteiger charge is -2.24. The van der Waals surface area contributed by atoms with Crippen LogP contribution in [0, 0.1) is 0 Å². The summed E-state index contributed by atoms with van der Waals surface area (Å²) in [7, 11) is 0. The van der Waals surface area contributed by atoms with Gasteiger partial charge in [0.1, 0.15) is 17.5 Å². The second-order valence-electron chi connectivity index (χ2n) is 5.28. The van der Waals surface area contributed by atoms with Crippen molar-refractivity contribution < 1.29 is 14.6 Å². The number of tetrazole rings is 1. The molecule has 2 atom stereocenters. The molecular formula is C15H17N5O3. The predicted octanol–water partition coefficient (Wildman–Crippen LogP) is 1.83. The van der Waals surface area contributed by atoms with Gasteiger partial charge < -0.3 is 15.2 Å². The second-order valence-corrected chi connectivity index (χ2v) is 5.28. The summed E-state index contributed by atoms with van der Waals surface area (Å²) in [5.41, 5.74) is 0.845. The quantitative estimate of drug-likeness (QED) is 0.867. The number of ether oxygens (including phenoxy) is 1. The van der Waals surface area contributed by atoms with Gasteiger partial charge in [-0.2, -0.15) is 4.68 Å².